The molecule has 1 heteroatoms. The summed E-state index contributed by atoms with van der Waals surface area (Å²) >= 11 is 0. The molecular weight excluding hydrogens is 398 g/mol. The highest BCUT2D eigenvalue weighted by molar-refractivity contribution is 5.74. The van der Waals surface area contributed by atoms with Gasteiger partial charge in [0.2, 0.25) is 0 Å². The van der Waals surface area contributed by atoms with E-state index in [2.05, 4.69) is 135 Å². The molecule has 0 aromatic heterocycles. The molecule has 0 N–H and O–H groups in total. The molecule has 33 heavy (non-hydrogen) atoms. The van der Waals surface area contributed by atoms with Crippen LogP contribution in [0.3, 0.4) is 0 Å². The molecule has 2 aromatic carbocycles. The third-order valence-electron chi connectivity index (χ3n) is 5.91. The van der Waals surface area contributed by atoms with Crippen molar-refractivity contribution in [2.24, 2.45) is 5.92 Å². The molecule has 1 nitrogen and oxygen atoms in total. The van der Waals surface area contributed by atoms with E-state index in [9.17, 15) is 0 Å². The zero-order chi connectivity index (χ0) is 23.5. The fourth-order valence-corrected chi connectivity index (χ4v) is 3.96. The standard InChI is InChI=1S/C32H37N/c1-5-8-10-11-12-27-16-22-31(23-17-27)33(30-20-14-26(4)15-21-30)32-24-18-29(19-25-32)28(7-3)13-9-6-2/h5-6,8-11,13-14,16-26H,7,12,15H2,1-4H3/b8-5-,9-6-,11-10-,28-13+. The molecule has 0 aliphatic heterocycles. The van der Waals surface area contributed by atoms with Gasteiger partial charge in [0.15, 0.2) is 0 Å². The number of hydrogen-bond acceptors (Lipinski definition) is 1. The molecule has 1 atom stereocenters. The van der Waals surface area contributed by atoms with Gasteiger partial charge in [-0.15, -0.1) is 0 Å². The lowest BCUT2D eigenvalue weighted by atomic mass is 9.99. The van der Waals surface area contributed by atoms with Gasteiger partial charge in [-0.2, -0.15) is 0 Å². The summed E-state index contributed by atoms with van der Waals surface area (Å²) in [5, 5.41) is 0. The van der Waals surface area contributed by atoms with E-state index in [1.807, 2.05) is 6.92 Å². The molecule has 2 aromatic rings. The Bertz CT molecular complexity index is 1060. The Morgan fingerprint density at radius 1 is 0.909 bits per heavy atom. The molecule has 0 saturated carbocycles. The SMILES string of the molecule is C/C=C\C=C/Cc1ccc(N(C2=CCC(C)C=C2)c2ccc(/C(=C/C=C\C)CC)cc2)cc1. The van der Waals surface area contributed by atoms with E-state index in [-0.39, 0.29) is 0 Å². The van der Waals surface area contributed by atoms with E-state index in [4.69, 9.17) is 0 Å². The van der Waals surface area contributed by atoms with Crippen LogP contribution in [0.15, 0.2) is 115 Å². The summed E-state index contributed by atoms with van der Waals surface area (Å²) in [5.41, 5.74) is 7.57. The van der Waals surface area contributed by atoms with Gasteiger partial charge in [0.25, 0.3) is 0 Å². The van der Waals surface area contributed by atoms with Gasteiger partial charge in [0.05, 0.1) is 0 Å². The maximum Gasteiger partial charge on any atom is 0.0461 e. The monoisotopic (exact) mass is 435 g/mol. The zero-order valence-electron chi connectivity index (χ0n) is 20.5. The lowest BCUT2D eigenvalue weighted by molar-refractivity contribution is 0.728. The van der Waals surface area contributed by atoms with Crippen LogP contribution < -0.4 is 4.90 Å². The van der Waals surface area contributed by atoms with Gasteiger partial charge in [-0.1, -0.05) is 92.8 Å². The first-order valence-electron chi connectivity index (χ1n) is 12.1. The van der Waals surface area contributed by atoms with E-state index < -0.39 is 0 Å². The van der Waals surface area contributed by atoms with Gasteiger partial charge in [-0.3, -0.25) is 0 Å². The second-order valence-corrected chi connectivity index (χ2v) is 8.48. The van der Waals surface area contributed by atoms with Crippen LogP contribution in [-0.2, 0) is 6.42 Å². The van der Waals surface area contributed by atoms with Crippen molar-refractivity contribution >= 4 is 16.9 Å². The van der Waals surface area contributed by atoms with Crippen LogP contribution in [0, 0.1) is 5.92 Å². The molecule has 1 aliphatic carbocycles. The van der Waals surface area contributed by atoms with Crippen LogP contribution in [0.4, 0.5) is 11.4 Å². The average Bonchev–Trinajstić information content (AvgIpc) is 2.85. The smallest absolute Gasteiger partial charge is 0.0461 e. The third-order valence-corrected chi connectivity index (χ3v) is 5.91. The summed E-state index contributed by atoms with van der Waals surface area (Å²) in [6.45, 7) is 8.57. The minimum absolute atomic E-state index is 0.591. The van der Waals surface area contributed by atoms with E-state index in [1.165, 1.54) is 33.8 Å². The first-order valence-corrected chi connectivity index (χ1v) is 12.1. The predicted molar refractivity (Wildman–Crippen MR) is 147 cm³/mol. The van der Waals surface area contributed by atoms with E-state index in [0.29, 0.717) is 5.92 Å². The lowest BCUT2D eigenvalue weighted by Crippen LogP contribution is -2.17. The Hall–Kier alpha value is -3.32. The molecule has 0 bridgehead atoms. The Morgan fingerprint density at radius 3 is 2.15 bits per heavy atom. The molecule has 0 fully saturated rings. The largest absolute Gasteiger partial charge is 0.311 e. The minimum atomic E-state index is 0.591. The van der Waals surface area contributed by atoms with Gasteiger partial charge in [0.1, 0.15) is 0 Å². The van der Waals surface area contributed by atoms with Gasteiger partial charge in [-0.25, -0.2) is 0 Å². The minimum Gasteiger partial charge on any atom is -0.311 e. The van der Waals surface area contributed by atoms with Gasteiger partial charge in [0, 0.05) is 17.1 Å². The summed E-state index contributed by atoms with van der Waals surface area (Å²) < 4.78 is 0. The zero-order valence-corrected chi connectivity index (χ0v) is 20.5. The fraction of sp³-hybridized carbons (Fsp3) is 0.250. The van der Waals surface area contributed by atoms with E-state index in [1.54, 1.807) is 0 Å². The fourth-order valence-electron chi connectivity index (χ4n) is 3.96. The summed E-state index contributed by atoms with van der Waals surface area (Å²) in [5.74, 6) is 0.591. The molecular formula is C32H37N. The second-order valence-electron chi connectivity index (χ2n) is 8.48. The predicted octanol–water partition coefficient (Wildman–Crippen LogP) is 9.35. The van der Waals surface area contributed by atoms with Crippen molar-refractivity contribution in [1.29, 1.82) is 0 Å². The van der Waals surface area contributed by atoms with Crippen LogP contribution in [0.25, 0.3) is 5.57 Å². The Morgan fingerprint density at radius 2 is 1.58 bits per heavy atom. The molecule has 1 aliphatic rings. The highest BCUT2D eigenvalue weighted by Gasteiger charge is 2.16. The summed E-state index contributed by atoms with van der Waals surface area (Å²) in [4.78, 5) is 2.37. The van der Waals surface area contributed by atoms with Gasteiger partial charge < -0.3 is 4.90 Å². The van der Waals surface area contributed by atoms with Crippen molar-refractivity contribution in [3.05, 3.63) is 126 Å². The number of anilines is 2. The van der Waals surface area contributed by atoms with Crippen molar-refractivity contribution in [2.75, 3.05) is 4.90 Å². The van der Waals surface area contributed by atoms with Gasteiger partial charge >= 0.3 is 0 Å². The molecule has 1 unspecified atom stereocenters. The molecule has 0 saturated heterocycles. The number of rotatable bonds is 9. The first-order chi connectivity index (χ1) is 16.2. The molecule has 0 radical (unpaired) electrons. The van der Waals surface area contributed by atoms with Crippen LogP contribution in [0.2, 0.25) is 0 Å². The number of hydrogen-bond donors (Lipinski definition) is 0. The van der Waals surface area contributed by atoms with Crippen LogP contribution in [-0.4, -0.2) is 0 Å². The van der Waals surface area contributed by atoms with Crippen molar-refractivity contribution in [2.45, 2.75) is 47.0 Å². The van der Waals surface area contributed by atoms with Crippen molar-refractivity contribution in [1.82, 2.24) is 0 Å². The van der Waals surface area contributed by atoms with Crippen LogP contribution in [0.1, 0.15) is 51.7 Å². The molecule has 3 rings (SSSR count). The van der Waals surface area contributed by atoms with Crippen LogP contribution >= 0.6 is 0 Å². The van der Waals surface area contributed by atoms with Crippen LogP contribution in [0.5, 0.6) is 0 Å². The van der Waals surface area contributed by atoms with Gasteiger partial charge in [-0.05, 0) is 86.1 Å². The first kappa shape index (κ1) is 24.3. The Labute approximate surface area is 200 Å². The third kappa shape index (κ3) is 6.83. The van der Waals surface area contributed by atoms with Crippen molar-refractivity contribution in [3.8, 4) is 0 Å². The Balaban J connectivity index is 1.92. The summed E-state index contributed by atoms with van der Waals surface area (Å²) in [6.07, 6.45) is 24.8. The highest BCUT2D eigenvalue weighted by Crippen LogP contribution is 2.34. The normalized spacial score (nSPS) is 16.8. The van der Waals surface area contributed by atoms with Crippen molar-refractivity contribution < 1.29 is 0 Å². The molecule has 170 valence electrons. The number of allylic oxidation sites excluding steroid dienone is 11. The quantitative estimate of drug-likeness (QED) is 0.355. The summed E-state index contributed by atoms with van der Waals surface area (Å²) in [7, 11) is 0. The maximum absolute atomic E-state index is 2.37. The van der Waals surface area contributed by atoms with E-state index >= 15 is 0 Å². The highest BCUT2D eigenvalue weighted by atomic mass is 15.1. The van der Waals surface area contributed by atoms with Crippen molar-refractivity contribution in [3.63, 3.8) is 0 Å². The lowest BCUT2D eigenvalue weighted by Gasteiger charge is -2.29. The summed E-state index contributed by atoms with van der Waals surface area (Å²) in [6, 6.07) is 17.9. The number of nitrogens with zero attached hydrogens (tertiary/aromatic N) is 1. The Kier molecular flexibility index (Phi) is 9.32. The van der Waals surface area contributed by atoms with E-state index in [0.717, 1.165) is 19.3 Å². The average molecular weight is 436 g/mol. The molecule has 0 spiro atoms. The second kappa shape index (κ2) is 12.6. The molecule has 0 amide bonds. The maximum atomic E-state index is 2.37. The number of benzene rings is 2. The topological polar surface area (TPSA) is 3.24 Å². The molecule has 0 heterocycles.